The van der Waals surface area contributed by atoms with Gasteiger partial charge >= 0.3 is 5.97 Å². The number of rotatable bonds is 6. The summed E-state index contributed by atoms with van der Waals surface area (Å²) in [6, 6.07) is 5.28. The van der Waals surface area contributed by atoms with E-state index < -0.39 is 17.5 Å². The molecule has 5 nitrogen and oxygen atoms in total. The van der Waals surface area contributed by atoms with Crippen molar-refractivity contribution in [1.29, 1.82) is 0 Å². The quantitative estimate of drug-likeness (QED) is 0.816. The maximum absolute atomic E-state index is 12.1. The minimum absolute atomic E-state index is 0.323. The molecule has 0 saturated carbocycles. The first kappa shape index (κ1) is 17.3. The van der Waals surface area contributed by atoms with Crippen molar-refractivity contribution < 1.29 is 24.1 Å². The molecule has 0 radical (unpaired) electrons. The van der Waals surface area contributed by atoms with E-state index in [9.17, 15) is 9.90 Å². The summed E-state index contributed by atoms with van der Waals surface area (Å²) < 4.78 is 15.3. The van der Waals surface area contributed by atoms with Crippen LogP contribution in [0.3, 0.4) is 0 Å². The van der Waals surface area contributed by atoms with Crippen LogP contribution in [0.4, 0.5) is 0 Å². The fourth-order valence-electron chi connectivity index (χ4n) is 2.49. The SMILES string of the molecule is COC(=O)C(O)(C(C)C)C(C)c1cc(OC)ccc1OC. The Morgan fingerprint density at radius 2 is 1.76 bits per heavy atom. The van der Waals surface area contributed by atoms with Gasteiger partial charge in [0.2, 0.25) is 0 Å². The Morgan fingerprint density at radius 1 is 1.14 bits per heavy atom. The maximum atomic E-state index is 12.1. The van der Waals surface area contributed by atoms with Crippen LogP contribution < -0.4 is 9.47 Å². The van der Waals surface area contributed by atoms with Gasteiger partial charge in [-0.1, -0.05) is 20.8 Å². The molecular formula is C16H24O5. The zero-order valence-electron chi connectivity index (χ0n) is 13.5. The molecule has 118 valence electrons. The molecule has 0 saturated heterocycles. The van der Waals surface area contributed by atoms with Crippen LogP contribution in [0.1, 0.15) is 32.3 Å². The monoisotopic (exact) mass is 296 g/mol. The number of hydrogen-bond donors (Lipinski definition) is 1. The van der Waals surface area contributed by atoms with Gasteiger partial charge in [-0.15, -0.1) is 0 Å². The van der Waals surface area contributed by atoms with Gasteiger partial charge in [-0.25, -0.2) is 4.79 Å². The second-order valence-electron chi connectivity index (χ2n) is 5.30. The largest absolute Gasteiger partial charge is 0.497 e. The number of methoxy groups -OCH3 is 3. The maximum Gasteiger partial charge on any atom is 0.338 e. The van der Waals surface area contributed by atoms with Gasteiger partial charge in [-0.3, -0.25) is 0 Å². The molecule has 0 fully saturated rings. The Kier molecular flexibility index (Phi) is 5.61. The lowest BCUT2D eigenvalue weighted by atomic mass is 9.75. The predicted octanol–water partition coefficient (Wildman–Crippen LogP) is 2.37. The Hall–Kier alpha value is -1.75. The highest BCUT2D eigenvalue weighted by Gasteiger charge is 2.47. The van der Waals surface area contributed by atoms with Gasteiger partial charge in [0.05, 0.1) is 21.3 Å². The smallest absolute Gasteiger partial charge is 0.338 e. The number of carbonyl (C=O) groups excluding carboxylic acids is 1. The second kappa shape index (κ2) is 6.80. The topological polar surface area (TPSA) is 65.0 Å². The second-order valence-corrected chi connectivity index (χ2v) is 5.30. The van der Waals surface area contributed by atoms with Crippen molar-refractivity contribution in [1.82, 2.24) is 0 Å². The summed E-state index contributed by atoms with van der Waals surface area (Å²) in [7, 11) is 4.38. The Labute approximate surface area is 125 Å². The van der Waals surface area contributed by atoms with Crippen molar-refractivity contribution >= 4 is 5.97 Å². The summed E-state index contributed by atoms with van der Waals surface area (Å²) in [6.07, 6.45) is 0. The molecule has 0 aliphatic heterocycles. The van der Waals surface area contributed by atoms with Gasteiger partial charge in [0, 0.05) is 11.5 Å². The average molecular weight is 296 g/mol. The average Bonchev–Trinajstić information content (AvgIpc) is 2.51. The van der Waals surface area contributed by atoms with Gasteiger partial charge in [-0.2, -0.15) is 0 Å². The zero-order chi connectivity index (χ0) is 16.2. The van der Waals surface area contributed by atoms with Crippen molar-refractivity contribution in [2.45, 2.75) is 32.3 Å². The molecule has 0 spiro atoms. The summed E-state index contributed by atoms with van der Waals surface area (Å²) in [5.41, 5.74) is -0.951. The number of aliphatic hydroxyl groups is 1. The number of hydrogen-bond acceptors (Lipinski definition) is 5. The van der Waals surface area contributed by atoms with E-state index in [0.717, 1.165) is 0 Å². The summed E-state index contributed by atoms with van der Waals surface area (Å²) in [5, 5.41) is 10.9. The molecule has 1 aromatic carbocycles. The van der Waals surface area contributed by atoms with Crippen LogP contribution in [0.25, 0.3) is 0 Å². The van der Waals surface area contributed by atoms with Crippen molar-refractivity contribution in [3.05, 3.63) is 23.8 Å². The van der Waals surface area contributed by atoms with E-state index in [-0.39, 0.29) is 5.92 Å². The zero-order valence-corrected chi connectivity index (χ0v) is 13.5. The fraction of sp³-hybridized carbons (Fsp3) is 0.562. The predicted molar refractivity (Wildman–Crippen MR) is 79.8 cm³/mol. The van der Waals surface area contributed by atoms with Gasteiger partial charge in [0.1, 0.15) is 11.5 Å². The minimum Gasteiger partial charge on any atom is -0.497 e. The lowest BCUT2D eigenvalue weighted by molar-refractivity contribution is -0.170. The van der Waals surface area contributed by atoms with Gasteiger partial charge in [0.25, 0.3) is 0 Å². The third kappa shape index (κ3) is 3.13. The van der Waals surface area contributed by atoms with E-state index in [4.69, 9.17) is 14.2 Å². The van der Waals surface area contributed by atoms with E-state index in [1.54, 1.807) is 53.2 Å². The van der Waals surface area contributed by atoms with Crippen LogP contribution in [0.5, 0.6) is 11.5 Å². The first-order chi connectivity index (χ1) is 9.82. The molecule has 0 amide bonds. The van der Waals surface area contributed by atoms with Crippen LogP contribution in [-0.2, 0) is 9.53 Å². The van der Waals surface area contributed by atoms with Crippen molar-refractivity contribution in [2.75, 3.05) is 21.3 Å². The van der Waals surface area contributed by atoms with Crippen LogP contribution in [0.15, 0.2) is 18.2 Å². The number of esters is 1. The third-order valence-corrected chi connectivity index (χ3v) is 3.96. The first-order valence-electron chi connectivity index (χ1n) is 6.85. The van der Waals surface area contributed by atoms with E-state index >= 15 is 0 Å². The molecule has 2 unspecified atom stereocenters. The molecule has 0 bridgehead atoms. The lowest BCUT2D eigenvalue weighted by Gasteiger charge is -2.35. The molecule has 0 heterocycles. The van der Waals surface area contributed by atoms with E-state index in [2.05, 4.69) is 0 Å². The van der Waals surface area contributed by atoms with Crippen LogP contribution in [0.2, 0.25) is 0 Å². The normalized spacial score (nSPS) is 15.2. The number of ether oxygens (including phenoxy) is 3. The van der Waals surface area contributed by atoms with Crippen molar-refractivity contribution in [2.24, 2.45) is 5.92 Å². The van der Waals surface area contributed by atoms with Crippen LogP contribution in [0, 0.1) is 5.92 Å². The first-order valence-corrected chi connectivity index (χ1v) is 6.85. The van der Waals surface area contributed by atoms with Crippen molar-refractivity contribution in [3.8, 4) is 11.5 Å². The van der Waals surface area contributed by atoms with Crippen LogP contribution in [-0.4, -0.2) is 38.0 Å². The summed E-state index contributed by atoms with van der Waals surface area (Å²) in [5.74, 6) is -0.277. The minimum atomic E-state index is -1.64. The van der Waals surface area contributed by atoms with E-state index in [1.807, 2.05) is 0 Å². The molecule has 1 N–H and O–H groups in total. The van der Waals surface area contributed by atoms with Gasteiger partial charge < -0.3 is 19.3 Å². The molecule has 0 aliphatic carbocycles. The highest BCUT2D eigenvalue weighted by atomic mass is 16.5. The summed E-state index contributed by atoms with van der Waals surface area (Å²) >= 11 is 0. The number of benzene rings is 1. The Balaban J connectivity index is 3.39. The molecule has 1 rings (SSSR count). The standard InChI is InChI=1S/C16H24O5/c1-10(2)16(18,15(17)21-6)11(3)13-9-12(19-4)7-8-14(13)20-5/h7-11,18H,1-6H3. The molecule has 21 heavy (non-hydrogen) atoms. The highest BCUT2D eigenvalue weighted by molar-refractivity contribution is 5.81. The van der Waals surface area contributed by atoms with E-state index in [0.29, 0.717) is 17.1 Å². The van der Waals surface area contributed by atoms with E-state index in [1.165, 1.54) is 7.11 Å². The summed E-state index contributed by atoms with van der Waals surface area (Å²) in [4.78, 5) is 12.1. The highest BCUT2D eigenvalue weighted by Crippen LogP contribution is 2.40. The molecular weight excluding hydrogens is 272 g/mol. The van der Waals surface area contributed by atoms with Crippen LogP contribution >= 0.6 is 0 Å². The molecule has 5 heteroatoms. The molecule has 0 aromatic heterocycles. The third-order valence-electron chi connectivity index (χ3n) is 3.96. The molecule has 1 aromatic rings. The van der Waals surface area contributed by atoms with Crippen molar-refractivity contribution in [3.63, 3.8) is 0 Å². The Morgan fingerprint density at radius 3 is 2.19 bits per heavy atom. The van der Waals surface area contributed by atoms with Gasteiger partial charge in [0.15, 0.2) is 5.60 Å². The Bertz CT molecular complexity index is 497. The number of carbonyl (C=O) groups is 1. The molecule has 0 aliphatic rings. The summed E-state index contributed by atoms with van der Waals surface area (Å²) in [6.45, 7) is 5.33. The van der Waals surface area contributed by atoms with Gasteiger partial charge in [-0.05, 0) is 24.1 Å². The fourth-order valence-corrected chi connectivity index (χ4v) is 2.49. The molecule has 2 atom stereocenters. The lowest BCUT2D eigenvalue weighted by Crippen LogP contribution is -2.49.